The van der Waals surface area contributed by atoms with E-state index in [1.54, 1.807) is 5.48 Å². The lowest BCUT2D eigenvalue weighted by Gasteiger charge is -2.38. The van der Waals surface area contributed by atoms with E-state index >= 15 is 0 Å². The molecule has 2 amide bonds. The number of nitrogens with one attached hydrogen (secondary N) is 2. The van der Waals surface area contributed by atoms with Gasteiger partial charge in [0.2, 0.25) is 11.8 Å². The van der Waals surface area contributed by atoms with Crippen molar-refractivity contribution in [3.8, 4) is 11.1 Å². The fraction of sp³-hybridized carbons (Fsp3) is 0.583. The maximum atomic E-state index is 12.6. The quantitative estimate of drug-likeness (QED) is 0.0329. The predicted molar refractivity (Wildman–Crippen MR) is 228 cm³/mol. The molecule has 9 heteroatoms. The van der Waals surface area contributed by atoms with Crippen LogP contribution in [0.15, 0.2) is 72.8 Å². The van der Waals surface area contributed by atoms with E-state index in [1.807, 2.05) is 30.3 Å². The maximum absolute atomic E-state index is 12.6. The highest BCUT2D eigenvalue weighted by atomic mass is 16.7. The predicted octanol–water partition coefficient (Wildman–Crippen LogP) is 10.5. The fourth-order valence-electron chi connectivity index (χ4n) is 7.71. The SMILES string of the molecule is CCCCCCCCN(CCCCCCCC)CC1CC(c2ccc(CO)cc2)OC(c2ccc(-c3ccccc3CNC(=O)CCCCCC(=O)NO)cc2)O1. The Hall–Kier alpha value is -3.60. The van der Waals surface area contributed by atoms with E-state index < -0.39 is 12.2 Å². The van der Waals surface area contributed by atoms with Crippen molar-refractivity contribution in [1.82, 2.24) is 15.7 Å². The largest absolute Gasteiger partial charge is 0.392 e. The molecule has 3 unspecified atom stereocenters. The molecule has 0 bridgehead atoms. The number of nitrogens with zero attached hydrogens (tertiary/aromatic N) is 1. The smallest absolute Gasteiger partial charge is 0.243 e. The van der Waals surface area contributed by atoms with Gasteiger partial charge in [-0.25, -0.2) is 5.48 Å². The minimum atomic E-state index is -0.516. The number of hydrogen-bond acceptors (Lipinski definition) is 7. The zero-order valence-electron chi connectivity index (χ0n) is 34.9. The van der Waals surface area contributed by atoms with Crippen LogP contribution in [-0.2, 0) is 32.2 Å². The summed E-state index contributed by atoms with van der Waals surface area (Å²) < 4.78 is 13.6. The standard InChI is InChI=1S/C48H71N3O6/c1-3-5-7-9-11-18-32-51(33-19-12-10-8-6-4-2)36-43-34-45(40-26-24-38(37-52)25-27-40)57-48(56-43)41-30-28-39(29-31-41)44-21-17-16-20-42(44)35-49-46(53)22-14-13-15-23-47(54)50-55/h16-17,20-21,24-31,43,45,48,52,55H,3-15,18-19,22-23,32-37H2,1-2H3,(H,49,53)(H,50,54). The Morgan fingerprint density at radius 1 is 0.684 bits per heavy atom. The van der Waals surface area contributed by atoms with Gasteiger partial charge >= 0.3 is 0 Å². The number of unbranched alkanes of at least 4 members (excludes halogenated alkanes) is 12. The van der Waals surface area contributed by atoms with Crippen molar-refractivity contribution in [2.24, 2.45) is 0 Å². The normalized spacial score (nSPS) is 16.8. The van der Waals surface area contributed by atoms with Crippen LogP contribution in [-0.4, -0.2) is 52.8 Å². The van der Waals surface area contributed by atoms with Crippen LogP contribution in [0.1, 0.15) is 164 Å². The van der Waals surface area contributed by atoms with Crippen molar-refractivity contribution in [1.29, 1.82) is 0 Å². The Bertz CT molecular complexity index is 1530. The van der Waals surface area contributed by atoms with Gasteiger partial charge in [-0.05, 0) is 66.6 Å². The van der Waals surface area contributed by atoms with E-state index in [4.69, 9.17) is 14.7 Å². The van der Waals surface area contributed by atoms with Crippen LogP contribution in [0.2, 0.25) is 0 Å². The molecule has 1 fully saturated rings. The van der Waals surface area contributed by atoms with E-state index in [2.05, 4.69) is 66.5 Å². The number of aliphatic hydroxyl groups excluding tert-OH is 1. The number of carbonyl (C=O) groups is 2. The Morgan fingerprint density at radius 3 is 1.89 bits per heavy atom. The molecule has 0 saturated carbocycles. The highest BCUT2D eigenvalue weighted by Crippen LogP contribution is 2.39. The molecule has 1 aliphatic rings. The van der Waals surface area contributed by atoms with E-state index in [9.17, 15) is 14.7 Å². The number of amides is 2. The molecule has 1 saturated heterocycles. The van der Waals surface area contributed by atoms with E-state index in [-0.39, 0.29) is 31.1 Å². The molecule has 314 valence electrons. The summed E-state index contributed by atoms with van der Waals surface area (Å²) in [6.45, 7) is 8.07. The fourth-order valence-corrected chi connectivity index (χ4v) is 7.71. The van der Waals surface area contributed by atoms with Crippen molar-refractivity contribution < 1.29 is 29.4 Å². The van der Waals surface area contributed by atoms with Crippen LogP contribution >= 0.6 is 0 Å². The monoisotopic (exact) mass is 786 g/mol. The highest BCUT2D eigenvalue weighted by molar-refractivity contribution is 5.76. The lowest BCUT2D eigenvalue weighted by atomic mass is 9.97. The minimum absolute atomic E-state index is 0.00973. The van der Waals surface area contributed by atoms with E-state index in [0.717, 1.165) is 65.9 Å². The number of benzene rings is 3. The third kappa shape index (κ3) is 17.0. The van der Waals surface area contributed by atoms with E-state index in [1.165, 1.54) is 77.0 Å². The minimum Gasteiger partial charge on any atom is -0.392 e. The second kappa shape index (κ2) is 27.2. The topological polar surface area (TPSA) is 120 Å². The van der Waals surface area contributed by atoms with Gasteiger partial charge in [0.15, 0.2) is 6.29 Å². The van der Waals surface area contributed by atoms with Crippen molar-refractivity contribution in [2.45, 2.75) is 161 Å². The average Bonchev–Trinajstić information content (AvgIpc) is 3.25. The van der Waals surface area contributed by atoms with Gasteiger partial charge in [-0.1, -0.05) is 157 Å². The molecule has 0 radical (unpaired) electrons. The van der Waals surface area contributed by atoms with Crippen molar-refractivity contribution in [2.75, 3.05) is 19.6 Å². The molecule has 4 rings (SSSR count). The van der Waals surface area contributed by atoms with Crippen molar-refractivity contribution in [3.05, 3.63) is 95.1 Å². The van der Waals surface area contributed by atoms with Crippen LogP contribution in [0.3, 0.4) is 0 Å². The first-order valence-corrected chi connectivity index (χ1v) is 22.0. The number of rotatable bonds is 28. The Labute approximate surface area is 342 Å². The summed E-state index contributed by atoms with van der Waals surface area (Å²) in [4.78, 5) is 26.5. The Kier molecular flexibility index (Phi) is 22.0. The zero-order chi connectivity index (χ0) is 40.5. The molecule has 1 aliphatic heterocycles. The summed E-state index contributed by atoms with van der Waals surface area (Å²) in [5, 5.41) is 21.4. The van der Waals surface area contributed by atoms with E-state index in [0.29, 0.717) is 25.8 Å². The molecule has 9 nitrogen and oxygen atoms in total. The van der Waals surface area contributed by atoms with Gasteiger partial charge in [0.05, 0.1) is 18.8 Å². The highest BCUT2D eigenvalue weighted by Gasteiger charge is 2.33. The number of carbonyl (C=O) groups excluding carboxylic acids is 2. The molecule has 3 atom stereocenters. The molecule has 0 aliphatic carbocycles. The van der Waals surface area contributed by atoms with Crippen LogP contribution in [0, 0.1) is 0 Å². The average molecular weight is 786 g/mol. The third-order valence-electron chi connectivity index (χ3n) is 11.2. The first-order valence-electron chi connectivity index (χ1n) is 22.0. The number of hydroxylamine groups is 1. The molecule has 0 spiro atoms. The molecule has 57 heavy (non-hydrogen) atoms. The first-order chi connectivity index (χ1) is 27.9. The lowest BCUT2D eigenvalue weighted by Crippen LogP contribution is -2.40. The van der Waals surface area contributed by atoms with Crippen LogP contribution in [0.4, 0.5) is 0 Å². The van der Waals surface area contributed by atoms with Crippen LogP contribution in [0.5, 0.6) is 0 Å². The van der Waals surface area contributed by atoms with Gasteiger partial charge in [0.1, 0.15) is 0 Å². The summed E-state index contributed by atoms with van der Waals surface area (Å²) in [6, 6.07) is 24.7. The molecule has 1 heterocycles. The Morgan fingerprint density at radius 2 is 1.26 bits per heavy atom. The van der Waals surface area contributed by atoms with Gasteiger partial charge in [-0.3, -0.25) is 14.8 Å². The molecule has 3 aromatic rings. The van der Waals surface area contributed by atoms with Crippen molar-refractivity contribution in [3.63, 3.8) is 0 Å². The van der Waals surface area contributed by atoms with Gasteiger partial charge in [0.25, 0.3) is 0 Å². The zero-order valence-corrected chi connectivity index (χ0v) is 34.9. The summed E-state index contributed by atoms with van der Waals surface area (Å²) in [7, 11) is 0. The lowest BCUT2D eigenvalue weighted by molar-refractivity contribution is -0.253. The second-order valence-electron chi connectivity index (χ2n) is 15.8. The van der Waals surface area contributed by atoms with Gasteiger partial charge in [0, 0.05) is 37.9 Å². The van der Waals surface area contributed by atoms with Crippen LogP contribution in [0.25, 0.3) is 11.1 Å². The number of ether oxygens (including phenoxy) is 2. The Balaban J connectivity index is 1.43. The maximum Gasteiger partial charge on any atom is 0.243 e. The third-order valence-corrected chi connectivity index (χ3v) is 11.2. The molecule has 3 aromatic carbocycles. The summed E-state index contributed by atoms with van der Waals surface area (Å²) in [5.74, 6) is -0.424. The molecule has 4 N–H and O–H groups in total. The first kappa shape index (κ1) is 46.1. The van der Waals surface area contributed by atoms with Crippen molar-refractivity contribution >= 4 is 11.8 Å². The summed E-state index contributed by atoms with van der Waals surface area (Å²) >= 11 is 0. The summed E-state index contributed by atoms with van der Waals surface area (Å²) in [5.41, 5.74) is 7.76. The molecular formula is C48H71N3O6. The van der Waals surface area contributed by atoms with Gasteiger partial charge < -0.3 is 24.8 Å². The number of hydrogen-bond donors (Lipinski definition) is 4. The van der Waals surface area contributed by atoms with Crippen LogP contribution < -0.4 is 10.8 Å². The summed E-state index contributed by atoms with van der Waals surface area (Å²) in [6.07, 6.45) is 18.3. The van der Waals surface area contributed by atoms with Gasteiger partial charge in [-0.2, -0.15) is 0 Å². The second-order valence-corrected chi connectivity index (χ2v) is 15.8. The molecular weight excluding hydrogens is 715 g/mol. The van der Waals surface area contributed by atoms with Gasteiger partial charge in [-0.15, -0.1) is 0 Å². The molecule has 0 aromatic heterocycles. The number of aliphatic hydroxyl groups is 1.